The normalized spacial score (nSPS) is 13.0. The lowest BCUT2D eigenvalue weighted by molar-refractivity contribution is -0.141. The number of esters is 1. The third-order valence-corrected chi connectivity index (χ3v) is 5.28. The second-order valence-electron chi connectivity index (χ2n) is 8.53. The number of carbonyl (C=O) groups excluding carboxylic acids is 1. The van der Waals surface area contributed by atoms with Gasteiger partial charge >= 0.3 is 5.97 Å². The maximum atomic E-state index is 13.8. The first-order chi connectivity index (χ1) is 14.7. The highest BCUT2D eigenvalue weighted by molar-refractivity contribution is 5.93. The number of rotatable bonds is 5. The molecule has 4 aromatic rings. The van der Waals surface area contributed by atoms with Gasteiger partial charge in [-0.15, -0.1) is 0 Å². The molecule has 4 aromatic heterocycles. The molecule has 162 valence electrons. The number of H-pyrrole nitrogens is 1. The second-order valence-corrected chi connectivity index (χ2v) is 8.53. The molecule has 0 saturated carbocycles. The van der Waals surface area contributed by atoms with E-state index in [-0.39, 0.29) is 23.8 Å². The summed E-state index contributed by atoms with van der Waals surface area (Å²) in [6.07, 6.45) is 3.17. The summed E-state index contributed by atoms with van der Waals surface area (Å²) in [4.78, 5) is 25.4. The van der Waals surface area contributed by atoms with Crippen molar-refractivity contribution in [3.63, 3.8) is 0 Å². The number of carbonyl (C=O) groups is 1. The van der Waals surface area contributed by atoms with Crippen LogP contribution in [0.4, 0.5) is 10.2 Å². The lowest BCUT2D eigenvalue weighted by Gasteiger charge is -2.31. The van der Waals surface area contributed by atoms with Gasteiger partial charge in [0, 0.05) is 19.3 Å². The smallest absolute Gasteiger partial charge is 0.307 e. The SMILES string of the molecule is COC(=O)CC(Nc1nc(-c2[nH]nc3ncc(F)cc23)nc2c1ccn2C)C(C)(C)C. The van der Waals surface area contributed by atoms with Crippen molar-refractivity contribution in [2.45, 2.75) is 33.2 Å². The van der Waals surface area contributed by atoms with E-state index in [4.69, 9.17) is 9.72 Å². The molecule has 0 aliphatic carbocycles. The summed E-state index contributed by atoms with van der Waals surface area (Å²) >= 11 is 0. The van der Waals surface area contributed by atoms with Crippen LogP contribution >= 0.6 is 0 Å². The molecule has 0 amide bonds. The first-order valence-corrected chi connectivity index (χ1v) is 9.84. The third kappa shape index (κ3) is 3.92. The standard InChI is InChI=1S/C21H24FN7O2/c1-21(2,3)14(9-15(30)31-5)24-18-12-6-7-29(4)20(12)26-19(25-18)16-13-8-11(22)10-23-17(13)28-27-16/h6-8,10,14H,9H2,1-5H3,(H,23,27,28)(H,24,25,26). The average molecular weight is 425 g/mol. The van der Waals surface area contributed by atoms with Crippen LogP contribution in [0.25, 0.3) is 33.6 Å². The summed E-state index contributed by atoms with van der Waals surface area (Å²) in [7, 11) is 3.25. The summed E-state index contributed by atoms with van der Waals surface area (Å²) in [5.74, 6) is 0.125. The van der Waals surface area contributed by atoms with Gasteiger partial charge in [0.1, 0.15) is 23.0 Å². The molecule has 0 saturated heterocycles. The molecule has 9 nitrogen and oxygen atoms in total. The summed E-state index contributed by atoms with van der Waals surface area (Å²) in [5, 5.41) is 11.7. The number of aryl methyl sites for hydroxylation is 1. The van der Waals surface area contributed by atoms with Crippen LogP contribution in [0.15, 0.2) is 24.5 Å². The van der Waals surface area contributed by atoms with Crippen molar-refractivity contribution in [3.8, 4) is 11.5 Å². The molecule has 1 unspecified atom stereocenters. The second kappa shape index (κ2) is 7.60. The van der Waals surface area contributed by atoms with Crippen LogP contribution in [0.2, 0.25) is 0 Å². The molecular formula is C21H24FN7O2. The maximum Gasteiger partial charge on any atom is 0.307 e. The predicted molar refractivity (Wildman–Crippen MR) is 115 cm³/mol. The average Bonchev–Trinajstić information content (AvgIpc) is 3.30. The molecular weight excluding hydrogens is 401 g/mol. The van der Waals surface area contributed by atoms with Crippen molar-refractivity contribution in [2.24, 2.45) is 12.5 Å². The minimum absolute atomic E-state index is 0.176. The van der Waals surface area contributed by atoms with E-state index in [9.17, 15) is 9.18 Å². The molecule has 0 aliphatic rings. The van der Waals surface area contributed by atoms with Crippen LogP contribution in [-0.4, -0.2) is 48.8 Å². The van der Waals surface area contributed by atoms with Gasteiger partial charge in [-0.05, 0) is 17.5 Å². The van der Waals surface area contributed by atoms with Crippen LogP contribution in [0.5, 0.6) is 0 Å². The lowest BCUT2D eigenvalue weighted by atomic mass is 9.84. The Morgan fingerprint density at radius 1 is 1.32 bits per heavy atom. The molecule has 0 radical (unpaired) electrons. The Balaban J connectivity index is 1.85. The number of ether oxygens (including phenoxy) is 1. The van der Waals surface area contributed by atoms with E-state index < -0.39 is 5.82 Å². The molecule has 10 heteroatoms. The van der Waals surface area contributed by atoms with Gasteiger partial charge in [0.2, 0.25) is 0 Å². The number of nitrogens with one attached hydrogen (secondary N) is 2. The third-order valence-electron chi connectivity index (χ3n) is 5.28. The highest BCUT2D eigenvalue weighted by atomic mass is 19.1. The summed E-state index contributed by atoms with van der Waals surface area (Å²) in [5.41, 5.74) is 1.27. The minimum atomic E-state index is -0.473. The van der Waals surface area contributed by atoms with Crippen LogP contribution in [0, 0.1) is 11.2 Å². The van der Waals surface area contributed by atoms with Crippen molar-refractivity contribution in [3.05, 3.63) is 30.3 Å². The number of nitrogens with zero attached hydrogens (tertiary/aromatic N) is 5. The van der Waals surface area contributed by atoms with E-state index in [0.717, 1.165) is 11.6 Å². The van der Waals surface area contributed by atoms with Gasteiger partial charge in [-0.2, -0.15) is 5.10 Å². The monoisotopic (exact) mass is 425 g/mol. The number of aromatic nitrogens is 6. The van der Waals surface area contributed by atoms with E-state index in [0.29, 0.717) is 34.0 Å². The Kier molecular flexibility index (Phi) is 5.08. The van der Waals surface area contributed by atoms with Crippen LogP contribution in [0.1, 0.15) is 27.2 Å². The predicted octanol–water partition coefficient (Wildman–Crippen LogP) is 3.44. The number of anilines is 1. The van der Waals surface area contributed by atoms with E-state index in [1.165, 1.54) is 13.2 Å². The number of pyridine rings is 1. The van der Waals surface area contributed by atoms with Crippen molar-refractivity contribution in [1.82, 2.24) is 29.7 Å². The molecule has 31 heavy (non-hydrogen) atoms. The molecule has 2 N–H and O–H groups in total. The highest BCUT2D eigenvalue weighted by Gasteiger charge is 2.29. The van der Waals surface area contributed by atoms with Gasteiger partial charge in [-0.1, -0.05) is 20.8 Å². The Morgan fingerprint density at radius 2 is 2.10 bits per heavy atom. The highest BCUT2D eigenvalue weighted by Crippen LogP contribution is 2.31. The summed E-state index contributed by atoms with van der Waals surface area (Å²) in [6.45, 7) is 6.11. The molecule has 0 aliphatic heterocycles. The molecule has 0 fully saturated rings. The number of halogens is 1. The zero-order valence-corrected chi connectivity index (χ0v) is 18.0. The zero-order valence-electron chi connectivity index (χ0n) is 18.0. The van der Waals surface area contributed by atoms with Crippen molar-refractivity contribution in [2.75, 3.05) is 12.4 Å². The maximum absolute atomic E-state index is 13.8. The fraction of sp³-hybridized carbons (Fsp3) is 0.381. The van der Waals surface area contributed by atoms with E-state index >= 15 is 0 Å². The fourth-order valence-corrected chi connectivity index (χ4v) is 3.39. The van der Waals surface area contributed by atoms with E-state index in [2.05, 4.69) is 25.5 Å². The Labute approximate surface area is 178 Å². The number of fused-ring (bicyclic) bond motifs is 2. The summed E-state index contributed by atoms with van der Waals surface area (Å²) in [6, 6.07) is 3.01. The van der Waals surface area contributed by atoms with Crippen LogP contribution in [0.3, 0.4) is 0 Å². The zero-order chi connectivity index (χ0) is 22.3. The number of methoxy groups -OCH3 is 1. The van der Waals surface area contributed by atoms with Crippen molar-refractivity contribution >= 4 is 33.9 Å². The van der Waals surface area contributed by atoms with Crippen molar-refractivity contribution < 1.29 is 13.9 Å². The van der Waals surface area contributed by atoms with Crippen molar-refractivity contribution in [1.29, 1.82) is 0 Å². The largest absolute Gasteiger partial charge is 0.469 e. The molecule has 0 bridgehead atoms. The fourth-order valence-electron chi connectivity index (χ4n) is 3.39. The molecule has 1 atom stereocenters. The Hall–Kier alpha value is -3.56. The van der Waals surface area contributed by atoms with Gasteiger partial charge in [0.05, 0.1) is 30.5 Å². The van der Waals surface area contributed by atoms with Gasteiger partial charge in [-0.3, -0.25) is 9.89 Å². The molecule has 4 rings (SSSR count). The first-order valence-electron chi connectivity index (χ1n) is 9.84. The minimum Gasteiger partial charge on any atom is -0.469 e. The Bertz CT molecular complexity index is 1270. The van der Waals surface area contributed by atoms with Gasteiger partial charge in [0.25, 0.3) is 0 Å². The van der Waals surface area contributed by atoms with E-state index in [1.54, 1.807) is 0 Å². The summed E-state index contributed by atoms with van der Waals surface area (Å²) < 4.78 is 20.6. The molecule has 0 aromatic carbocycles. The number of hydrogen-bond donors (Lipinski definition) is 2. The first kappa shape index (κ1) is 20.7. The number of hydrogen-bond acceptors (Lipinski definition) is 7. The van der Waals surface area contributed by atoms with E-state index in [1.807, 2.05) is 44.6 Å². The molecule has 4 heterocycles. The van der Waals surface area contributed by atoms with Crippen LogP contribution < -0.4 is 5.32 Å². The topological polar surface area (TPSA) is 111 Å². The number of aromatic amines is 1. The van der Waals surface area contributed by atoms with Crippen LogP contribution in [-0.2, 0) is 16.6 Å². The van der Waals surface area contributed by atoms with Gasteiger partial charge < -0.3 is 14.6 Å². The lowest BCUT2D eigenvalue weighted by Crippen LogP contribution is -2.36. The Morgan fingerprint density at radius 3 is 2.81 bits per heavy atom. The quantitative estimate of drug-likeness (QED) is 0.471. The van der Waals surface area contributed by atoms with Gasteiger partial charge in [0.15, 0.2) is 11.5 Å². The van der Waals surface area contributed by atoms with Gasteiger partial charge in [-0.25, -0.2) is 19.3 Å². The molecule has 0 spiro atoms.